The lowest BCUT2D eigenvalue weighted by atomic mass is 10.2. The van der Waals surface area contributed by atoms with Gasteiger partial charge in [0.05, 0.1) is 0 Å². The fraction of sp³-hybridized carbons (Fsp3) is 0.600. The maximum absolute atomic E-state index is 11.6. The Morgan fingerprint density at radius 2 is 2.15 bits per heavy atom. The first kappa shape index (κ1) is 14.6. The summed E-state index contributed by atoms with van der Waals surface area (Å²) >= 11 is 0. The molecule has 3 N–H and O–H groups in total. The Bertz CT molecular complexity index is 481. The van der Waals surface area contributed by atoms with E-state index in [-0.39, 0.29) is 11.8 Å². The Morgan fingerprint density at radius 3 is 2.80 bits per heavy atom. The molecule has 1 aliphatic rings. The first-order chi connectivity index (χ1) is 9.56. The van der Waals surface area contributed by atoms with Gasteiger partial charge in [-0.05, 0) is 30.9 Å². The van der Waals surface area contributed by atoms with Crippen molar-refractivity contribution in [2.45, 2.75) is 44.9 Å². The zero-order valence-corrected chi connectivity index (χ0v) is 11.9. The summed E-state index contributed by atoms with van der Waals surface area (Å²) in [7, 11) is 0. The van der Waals surface area contributed by atoms with Crippen molar-refractivity contribution in [3.8, 4) is 0 Å². The lowest BCUT2D eigenvalue weighted by molar-refractivity contribution is -0.122. The monoisotopic (exact) mass is 278 g/mol. The van der Waals surface area contributed by atoms with Crippen LogP contribution in [0.3, 0.4) is 0 Å². The van der Waals surface area contributed by atoms with E-state index in [1.165, 1.54) is 6.42 Å². The van der Waals surface area contributed by atoms with Gasteiger partial charge in [0.2, 0.25) is 11.8 Å². The number of nitrogens with one attached hydrogen (secondary N) is 1. The smallest absolute Gasteiger partial charge is 0.220 e. The molecule has 1 heterocycles. The Labute approximate surface area is 118 Å². The van der Waals surface area contributed by atoms with Gasteiger partial charge in [-0.3, -0.25) is 9.59 Å². The fourth-order valence-electron chi connectivity index (χ4n) is 2.26. The van der Waals surface area contributed by atoms with Crippen molar-refractivity contribution in [2.24, 2.45) is 11.7 Å². The van der Waals surface area contributed by atoms with Crippen LogP contribution in [-0.4, -0.2) is 18.4 Å². The third-order valence-corrected chi connectivity index (χ3v) is 3.68. The molecule has 2 atom stereocenters. The molecule has 0 saturated heterocycles. The van der Waals surface area contributed by atoms with Gasteiger partial charge in [-0.25, -0.2) is 0 Å². The van der Waals surface area contributed by atoms with E-state index >= 15 is 0 Å². The molecule has 1 fully saturated rings. The molecule has 110 valence electrons. The molecule has 5 nitrogen and oxygen atoms in total. The molecule has 0 aliphatic heterocycles. The third kappa shape index (κ3) is 4.40. The number of carbonyl (C=O) groups excluding carboxylic acids is 2. The van der Waals surface area contributed by atoms with Crippen molar-refractivity contribution in [3.05, 3.63) is 23.7 Å². The molecule has 0 radical (unpaired) electrons. The predicted octanol–water partition coefficient (Wildman–Crippen LogP) is 1.72. The zero-order valence-electron chi connectivity index (χ0n) is 11.9. The molecule has 1 aromatic heterocycles. The second kappa shape index (κ2) is 6.59. The van der Waals surface area contributed by atoms with Crippen LogP contribution < -0.4 is 11.1 Å². The van der Waals surface area contributed by atoms with Gasteiger partial charge < -0.3 is 15.5 Å². The van der Waals surface area contributed by atoms with E-state index in [4.69, 9.17) is 10.2 Å². The molecular weight excluding hydrogens is 256 g/mol. The third-order valence-electron chi connectivity index (χ3n) is 3.68. The molecule has 20 heavy (non-hydrogen) atoms. The maximum Gasteiger partial charge on any atom is 0.220 e. The Kier molecular flexibility index (Phi) is 4.82. The number of nitrogens with two attached hydrogens (primary N) is 1. The minimum absolute atomic E-state index is 0.0211. The van der Waals surface area contributed by atoms with Crippen molar-refractivity contribution < 1.29 is 14.0 Å². The van der Waals surface area contributed by atoms with Gasteiger partial charge in [0.25, 0.3) is 0 Å². The predicted molar refractivity (Wildman–Crippen MR) is 75.0 cm³/mol. The lowest BCUT2D eigenvalue weighted by Crippen LogP contribution is -2.25. The Balaban J connectivity index is 1.63. The largest absolute Gasteiger partial charge is 0.466 e. The van der Waals surface area contributed by atoms with Crippen LogP contribution in [0, 0.1) is 5.92 Å². The lowest BCUT2D eigenvalue weighted by Gasteiger charge is -2.03. The Hall–Kier alpha value is -1.78. The topological polar surface area (TPSA) is 85.3 Å². The highest BCUT2D eigenvalue weighted by Gasteiger charge is 2.36. The molecule has 0 spiro atoms. The van der Waals surface area contributed by atoms with Crippen LogP contribution in [0.15, 0.2) is 16.5 Å². The van der Waals surface area contributed by atoms with Gasteiger partial charge in [0, 0.05) is 31.7 Å². The number of primary amides is 1. The molecule has 5 heteroatoms. The van der Waals surface area contributed by atoms with E-state index in [1.807, 2.05) is 12.1 Å². The van der Waals surface area contributed by atoms with Crippen LogP contribution in [-0.2, 0) is 16.0 Å². The van der Waals surface area contributed by atoms with Gasteiger partial charge in [-0.1, -0.05) is 6.92 Å². The molecule has 0 aromatic carbocycles. The number of aryl methyl sites for hydroxylation is 1. The number of amides is 2. The van der Waals surface area contributed by atoms with Crippen LogP contribution in [0.1, 0.15) is 50.0 Å². The van der Waals surface area contributed by atoms with E-state index < -0.39 is 0 Å². The average Bonchev–Trinajstić information content (AvgIpc) is 2.95. The summed E-state index contributed by atoms with van der Waals surface area (Å²) in [5.74, 6) is 2.86. The summed E-state index contributed by atoms with van der Waals surface area (Å²) in [6.45, 7) is 2.71. The number of rotatable bonds is 8. The first-order valence-electron chi connectivity index (χ1n) is 7.20. The van der Waals surface area contributed by atoms with E-state index in [2.05, 4.69) is 12.2 Å². The van der Waals surface area contributed by atoms with E-state index in [9.17, 15) is 9.59 Å². The van der Waals surface area contributed by atoms with Gasteiger partial charge >= 0.3 is 0 Å². The van der Waals surface area contributed by atoms with Gasteiger partial charge in [0.15, 0.2) is 0 Å². The summed E-state index contributed by atoms with van der Waals surface area (Å²) in [4.78, 5) is 22.1. The van der Waals surface area contributed by atoms with E-state index in [1.54, 1.807) is 0 Å². The van der Waals surface area contributed by atoms with Crippen LogP contribution in [0.4, 0.5) is 0 Å². The van der Waals surface area contributed by atoms with Gasteiger partial charge in [0.1, 0.15) is 11.5 Å². The second-order valence-electron chi connectivity index (χ2n) is 5.54. The highest BCUT2D eigenvalue weighted by atomic mass is 16.3. The molecular formula is C15H22N2O3. The summed E-state index contributed by atoms with van der Waals surface area (Å²) in [5, 5.41) is 2.77. The highest BCUT2D eigenvalue weighted by molar-refractivity contribution is 5.76. The number of carbonyl (C=O) groups is 2. The summed E-state index contributed by atoms with van der Waals surface area (Å²) < 4.78 is 5.74. The van der Waals surface area contributed by atoms with Crippen molar-refractivity contribution in [1.29, 1.82) is 0 Å². The van der Waals surface area contributed by atoms with Crippen LogP contribution in [0.25, 0.3) is 0 Å². The minimum atomic E-state index is -0.336. The minimum Gasteiger partial charge on any atom is -0.466 e. The van der Waals surface area contributed by atoms with Crippen molar-refractivity contribution in [2.75, 3.05) is 6.54 Å². The van der Waals surface area contributed by atoms with Crippen LogP contribution in [0.5, 0.6) is 0 Å². The molecule has 0 bridgehead atoms. The standard InChI is InChI=1S/C15H22N2O3/c1-10-9-12(10)13-6-4-11(20-13)5-7-15(19)17-8-2-3-14(16)18/h4,6,10,12H,2-3,5,7-9H2,1H3,(H2,16,18)(H,17,19)/t10-,12+/m0/s1. The molecule has 2 amide bonds. The normalized spacial score (nSPS) is 20.6. The molecule has 2 rings (SSSR count). The summed E-state index contributed by atoms with van der Waals surface area (Å²) in [5.41, 5.74) is 5.02. The average molecular weight is 278 g/mol. The van der Waals surface area contributed by atoms with Crippen LogP contribution in [0.2, 0.25) is 0 Å². The van der Waals surface area contributed by atoms with Crippen molar-refractivity contribution in [3.63, 3.8) is 0 Å². The SMILES string of the molecule is C[C@H]1C[C@H]1c1ccc(CCC(=O)NCCCC(N)=O)o1. The molecule has 1 aromatic rings. The van der Waals surface area contributed by atoms with Gasteiger partial charge in [-0.15, -0.1) is 0 Å². The van der Waals surface area contributed by atoms with E-state index in [0.29, 0.717) is 38.1 Å². The number of hydrogen-bond donors (Lipinski definition) is 2. The fourth-order valence-corrected chi connectivity index (χ4v) is 2.26. The van der Waals surface area contributed by atoms with Crippen molar-refractivity contribution >= 4 is 11.8 Å². The van der Waals surface area contributed by atoms with Gasteiger partial charge in [-0.2, -0.15) is 0 Å². The number of furan rings is 1. The maximum atomic E-state index is 11.6. The van der Waals surface area contributed by atoms with Crippen molar-refractivity contribution in [1.82, 2.24) is 5.32 Å². The van der Waals surface area contributed by atoms with Crippen LogP contribution >= 0.6 is 0 Å². The summed E-state index contributed by atoms with van der Waals surface area (Å²) in [6.07, 6.45) is 3.12. The number of hydrogen-bond acceptors (Lipinski definition) is 3. The molecule has 1 aliphatic carbocycles. The molecule has 1 saturated carbocycles. The molecule has 0 unspecified atom stereocenters. The second-order valence-corrected chi connectivity index (χ2v) is 5.54. The summed E-state index contributed by atoms with van der Waals surface area (Å²) in [6, 6.07) is 3.98. The zero-order chi connectivity index (χ0) is 14.5. The van der Waals surface area contributed by atoms with E-state index in [0.717, 1.165) is 17.4 Å². The first-order valence-corrected chi connectivity index (χ1v) is 7.20. The highest BCUT2D eigenvalue weighted by Crippen LogP contribution is 2.47. The Morgan fingerprint density at radius 1 is 1.40 bits per heavy atom. The quantitative estimate of drug-likeness (QED) is 0.710.